The Balaban J connectivity index is 1.65. The standard InChI is InChI=1S/C19H23N3O3/c1-24-17-10-8-16(9-11-17)20-12-4-7-19(23)22-21-14-15-5-3-6-18(13-15)25-2/h3,5-6,8-11,13-14,20H,4,7,12H2,1-2H3,(H,22,23)/b21-14-. The van der Waals surface area contributed by atoms with Crippen molar-refractivity contribution in [2.75, 3.05) is 26.1 Å². The van der Waals surface area contributed by atoms with Crippen LogP contribution in [0.15, 0.2) is 53.6 Å². The number of carbonyl (C=O) groups is 1. The van der Waals surface area contributed by atoms with Crippen LogP contribution in [0.1, 0.15) is 18.4 Å². The summed E-state index contributed by atoms with van der Waals surface area (Å²) in [5.74, 6) is 1.45. The fourth-order valence-electron chi connectivity index (χ4n) is 2.15. The van der Waals surface area contributed by atoms with Crippen LogP contribution in [-0.4, -0.2) is 32.9 Å². The number of rotatable bonds is 9. The second-order valence-corrected chi connectivity index (χ2v) is 5.33. The normalized spacial score (nSPS) is 10.5. The Morgan fingerprint density at radius 3 is 2.56 bits per heavy atom. The molecule has 0 aromatic heterocycles. The largest absolute Gasteiger partial charge is 0.497 e. The van der Waals surface area contributed by atoms with Gasteiger partial charge in [0.15, 0.2) is 0 Å². The molecule has 132 valence electrons. The molecule has 1 amide bonds. The zero-order chi connectivity index (χ0) is 17.9. The van der Waals surface area contributed by atoms with Gasteiger partial charge in [-0.15, -0.1) is 0 Å². The van der Waals surface area contributed by atoms with E-state index >= 15 is 0 Å². The first-order valence-corrected chi connectivity index (χ1v) is 8.05. The molecule has 0 aliphatic carbocycles. The van der Waals surface area contributed by atoms with Crippen molar-refractivity contribution in [3.63, 3.8) is 0 Å². The van der Waals surface area contributed by atoms with Gasteiger partial charge in [0.05, 0.1) is 20.4 Å². The Kier molecular flexibility index (Phi) is 7.31. The molecule has 0 spiro atoms. The maximum atomic E-state index is 11.8. The molecule has 6 nitrogen and oxygen atoms in total. The predicted octanol–water partition coefficient (Wildman–Crippen LogP) is 3.05. The quantitative estimate of drug-likeness (QED) is 0.418. The van der Waals surface area contributed by atoms with E-state index in [4.69, 9.17) is 9.47 Å². The lowest BCUT2D eigenvalue weighted by Crippen LogP contribution is -2.18. The SMILES string of the molecule is COc1ccc(NCCCC(=O)N/N=C\c2cccc(OC)c2)cc1. The van der Waals surface area contributed by atoms with Gasteiger partial charge < -0.3 is 14.8 Å². The van der Waals surface area contributed by atoms with Crippen molar-refractivity contribution in [1.29, 1.82) is 0 Å². The molecule has 0 saturated carbocycles. The first-order valence-electron chi connectivity index (χ1n) is 8.05. The van der Waals surface area contributed by atoms with Gasteiger partial charge in [0.25, 0.3) is 0 Å². The number of hydrogen-bond donors (Lipinski definition) is 2. The third-order valence-corrected chi connectivity index (χ3v) is 3.50. The lowest BCUT2D eigenvalue weighted by molar-refractivity contribution is -0.121. The molecule has 0 unspecified atom stereocenters. The highest BCUT2D eigenvalue weighted by atomic mass is 16.5. The number of ether oxygens (including phenoxy) is 2. The minimum atomic E-state index is -0.115. The molecule has 2 rings (SSSR count). The van der Waals surface area contributed by atoms with Crippen molar-refractivity contribution < 1.29 is 14.3 Å². The van der Waals surface area contributed by atoms with E-state index < -0.39 is 0 Å². The number of nitrogens with one attached hydrogen (secondary N) is 2. The van der Waals surface area contributed by atoms with Crippen LogP contribution < -0.4 is 20.2 Å². The summed E-state index contributed by atoms with van der Waals surface area (Å²) in [5.41, 5.74) is 4.39. The monoisotopic (exact) mass is 341 g/mol. The summed E-state index contributed by atoms with van der Waals surface area (Å²) in [6, 6.07) is 15.1. The number of anilines is 1. The van der Waals surface area contributed by atoms with E-state index in [9.17, 15) is 4.79 Å². The maximum Gasteiger partial charge on any atom is 0.240 e. The van der Waals surface area contributed by atoms with Crippen molar-refractivity contribution in [1.82, 2.24) is 5.43 Å². The molecule has 0 atom stereocenters. The Hall–Kier alpha value is -3.02. The van der Waals surface area contributed by atoms with E-state index in [1.165, 1.54) is 0 Å². The number of amides is 1. The van der Waals surface area contributed by atoms with Crippen LogP contribution in [0.4, 0.5) is 5.69 Å². The van der Waals surface area contributed by atoms with Gasteiger partial charge in [-0.3, -0.25) is 4.79 Å². The molecule has 2 aromatic rings. The average molecular weight is 341 g/mol. The number of carbonyl (C=O) groups excluding carboxylic acids is 1. The molecule has 6 heteroatoms. The first-order chi connectivity index (χ1) is 12.2. The summed E-state index contributed by atoms with van der Waals surface area (Å²) in [6.45, 7) is 0.708. The molecule has 0 fully saturated rings. The molecule has 2 N–H and O–H groups in total. The fourth-order valence-corrected chi connectivity index (χ4v) is 2.15. The summed E-state index contributed by atoms with van der Waals surface area (Å²) in [4.78, 5) is 11.8. The van der Waals surface area contributed by atoms with Crippen molar-refractivity contribution in [3.05, 3.63) is 54.1 Å². The lowest BCUT2D eigenvalue weighted by atomic mass is 10.2. The minimum Gasteiger partial charge on any atom is -0.497 e. The van der Waals surface area contributed by atoms with Crippen molar-refractivity contribution in [2.45, 2.75) is 12.8 Å². The van der Waals surface area contributed by atoms with Gasteiger partial charge in [0.1, 0.15) is 11.5 Å². The predicted molar refractivity (Wildman–Crippen MR) is 99.4 cm³/mol. The van der Waals surface area contributed by atoms with Gasteiger partial charge in [-0.25, -0.2) is 5.43 Å². The second kappa shape index (κ2) is 9.97. The molecule has 2 aromatic carbocycles. The van der Waals surface area contributed by atoms with E-state index in [2.05, 4.69) is 15.8 Å². The Morgan fingerprint density at radius 2 is 1.84 bits per heavy atom. The molecule has 0 aliphatic rings. The van der Waals surface area contributed by atoms with Crippen LogP contribution in [0.3, 0.4) is 0 Å². The zero-order valence-electron chi connectivity index (χ0n) is 14.5. The van der Waals surface area contributed by atoms with Gasteiger partial charge in [0, 0.05) is 18.7 Å². The highest BCUT2D eigenvalue weighted by Gasteiger charge is 2.00. The molecule has 25 heavy (non-hydrogen) atoms. The number of methoxy groups -OCH3 is 2. The molecule has 0 bridgehead atoms. The lowest BCUT2D eigenvalue weighted by Gasteiger charge is -2.07. The maximum absolute atomic E-state index is 11.8. The number of nitrogens with zero attached hydrogens (tertiary/aromatic N) is 1. The Bertz CT molecular complexity index is 699. The van der Waals surface area contributed by atoms with Crippen LogP contribution in [0.2, 0.25) is 0 Å². The Morgan fingerprint density at radius 1 is 1.08 bits per heavy atom. The highest BCUT2D eigenvalue weighted by Crippen LogP contribution is 2.15. The Labute approximate surface area is 147 Å². The summed E-state index contributed by atoms with van der Waals surface area (Å²) in [5, 5.41) is 7.22. The molecular formula is C19H23N3O3. The van der Waals surface area contributed by atoms with Crippen molar-refractivity contribution >= 4 is 17.8 Å². The van der Waals surface area contributed by atoms with Crippen LogP contribution in [0.5, 0.6) is 11.5 Å². The van der Waals surface area contributed by atoms with E-state index in [1.807, 2.05) is 48.5 Å². The van der Waals surface area contributed by atoms with E-state index in [-0.39, 0.29) is 5.91 Å². The van der Waals surface area contributed by atoms with E-state index in [1.54, 1.807) is 20.4 Å². The summed E-state index contributed by atoms with van der Waals surface area (Å²) in [7, 11) is 3.25. The molecule has 0 radical (unpaired) electrons. The van der Waals surface area contributed by atoms with Crippen LogP contribution in [0.25, 0.3) is 0 Å². The summed E-state index contributed by atoms with van der Waals surface area (Å²) < 4.78 is 10.2. The van der Waals surface area contributed by atoms with Crippen LogP contribution in [-0.2, 0) is 4.79 Å². The van der Waals surface area contributed by atoms with Gasteiger partial charge in [-0.1, -0.05) is 12.1 Å². The second-order valence-electron chi connectivity index (χ2n) is 5.33. The molecule has 0 aliphatic heterocycles. The number of benzene rings is 2. The van der Waals surface area contributed by atoms with E-state index in [0.29, 0.717) is 19.4 Å². The smallest absolute Gasteiger partial charge is 0.240 e. The van der Waals surface area contributed by atoms with Crippen molar-refractivity contribution in [3.8, 4) is 11.5 Å². The van der Waals surface area contributed by atoms with Crippen LogP contribution in [0, 0.1) is 0 Å². The van der Waals surface area contributed by atoms with Crippen molar-refractivity contribution in [2.24, 2.45) is 5.10 Å². The third-order valence-electron chi connectivity index (χ3n) is 3.50. The fraction of sp³-hybridized carbons (Fsp3) is 0.263. The topological polar surface area (TPSA) is 72.0 Å². The van der Waals surface area contributed by atoms with Crippen LogP contribution >= 0.6 is 0 Å². The average Bonchev–Trinajstić information content (AvgIpc) is 2.66. The first kappa shape index (κ1) is 18.3. The molecule has 0 heterocycles. The van der Waals surface area contributed by atoms with Gasteiger partial charge in [-0.2, -0.15) is 5.10 Å². The summed E-state index contributed by atoms with van der Waals surface area (Å²) >= 11 is 0. The highest BCUT2D eigenvalue weighted by molar-refractivity contribution is 5.82. The van der Waals surface area contributed by atoms with Gasteiger partial charge >= 0.3 is 0 Å². The minimum absolute atomic E-state index is 0.115. The summed E-state index contributed by atoms with van der Waals surface area (Å²) in [6.07, 6.45) is 2.71. The number of hydrazone groups is 1. The van der Waals surface area contributed by atoms with E-state index in [0.717, 1.165) is 22.7 Å². The zero-order valence-corrected chi connectivity index (χ0v) is 14.5. The van der Waals surface area contributed by atoms with Gasteiger partial charge in [0.2, 0.25) is 5.91 Å². The molecular weight excluding hydrogens is 318 g/mol. The molecule has 0 saturated heterocycles. The third kappa shape index (κ3) is 6.55. The number of hydrogen-bond acceptors (Lipinski definition) is 5. The van der Waals surface area contributed by atoms with Gasteiger partial charge in [-0.05, 0) is 48.4 Å².